The molecule has 0 amide bonds. The van der Waals surface area contributed by atoms with Crippen LogP contribution in [0, 0.1) is 0 Å². The first-order chi connectivity index (χ1) is 16.7. The van der Waals surface area contributed by atoms with E-state index in [2.05, 4.69) is 57.8 Å². The van der Waals surface area contributed by atoms with Gasteiger partial charge in [0.1, 0.15) is 0 Å². The van der Waals surface area contributed by atoms with Gasteiger partial charge in [-0.3, -0.25) is 9.88 Å². The molecule has 0 bridgehead atoms. The molecular weight excluding hydrogens is 469 g/mol. The number of hydrogen-bond donors (Lipinski definition) is 0. The fraction of sp³-hybridized carbons (Fsp3) is 0.444. The third kappa shape index (κ3) is 5.54. The summed E-state index contributed by atoms with van der Waals surface area (Å²) >= 11 is -0.0718. The fourth-order valence-electron chi connectivity index (χ4n) is 5.19. The average molecular weight is 501 g/mol. The first kappa shape index (κ1) is 24.3. The number of pyridine rings is 1. The monoisotopic (exact) mass is 500 g/mol. The summed E-state index contributed by atoms with van der Waals surface area (Å²) in [6.45, 7) is 8.97. The molecule has 3 aromatic rings. The highest BCUT2D eigenvalue weighted by Crippen LogP contribution is 2.38. The largest absolute Gasteiger partial charge is 0.446 e. The van der Waals surface area contributed by atoms with Gasteiger partial charge >= 0.3 is 5.51 Å². The van der Waals surface area contributed by atoms with Crippen molar-refractivity contribution in [2.75, 3.05) is 36.1 Å². The van der Waals surface area contributed by atoms with Gasteiger partial charge in [0.15, 0.2) is 0 Å². The van der Waals surface area contributed by atoms with Crippen molar-refractivity contribution in [1.29, 1.82) is 0 Å². The van der Waals surface area contributed by atoms with Gasteiger partial charge < -0.3 is 9.80 Å². The summed E-state index contributed by atoms with van der Waals surface area (Å²) in [5.41, 5.74) is 0.120. The van der Waals surface area contributed by atoms with Gasteiger partial charge in [-0.2, -0.15) is 13.2 Å². The predicted molar refractivity (Wildman–Crippen MR) is 138 cm³/mol. The lowest BCUT2D eigenvalue weighted by molar-refractivity contribution is -0.0328. The molecule has 4 nitrogen and oxygen atoms in total. The average Bonchev–Trinajstić information content (AvgIpc) is 3.13. The van der Waals surface area contributed by atoms with Crippen LogP contribution < -0.4 is 9.80 Å². The van der Waals surface area contributed by atoms with Gasteiger partial charge in [-0.1, -0.05) is 0 Å². The third-order valence-electron chi connectivity index (χ3n) is 7.11. The quantitative estimate of drug-likeness (QED) is 0.355. The van der Waals surface area contributed by atoms with Crippen LogP contribution in [0.2, 0.25) is 0 Å². The number of thioether (sulfide) groups is 1. The number of hydrogen-bond acceptors (Lipinski definition) is 5. The highest BCUT2D eigenvalue weighted by Gasteiger charge is 2.37. The van der Waals surface area contributed by atoms with Crippen molar-refractivity contribution in [3.05, 3.63) is 60.3 Å². The van der Waals surface area contributed by atoms with Crippen molar-refractivity contribution in [3.63, 3.8) is 0 Å². The molecule has 5 rings (SSSR count). The number of benzene rings is 2. The van der Waals surface area contributed by atoms with E-state index in [0.717, 1.165) is 37.4 Å². The van der Waals surface area contributed by atoms with Crippen molar-refractivity contribution in [2.45, 2.75) is 55.6 Å². The molecule has 0 unspecified atom stereocenters. The summed E-state index contributed by atoms with van der Waals surface area (Å²) in [6.07, 6.45) is 5.68. The molecule has 2 fully saturated rings. The Morgan fingerprint density at radius 1 is 0.914 bits per heavy atom. The number of alkyl halides is 3. The van der Waals surface area contributed by atoms with E-state index in [4.69, 9.17) is 0 Å². The SMILES string of the molecule is CC1(C)CN(c2ccc(SC(F)(F)F)cc2)CN1Cc1ccnc2ccc(N3CCCCC3)cc12. The summed E-state index contributed by atoms with van der Waals surface area (Å²) in [6, 6.07) is 15.4. The minimum atomic E-state index is -4.27. The van der Waals surface area contributed by atoms with Crippen LogP contribution in [-0.2, 0) is 6.54 Å². The predicted octanol–water partition coefficient (Wildman–Crippen LogP) is 6.90. The highest BCUT2D eigenvalue weighted by atomic mass is 32.2. The van der Waals surface area contributed by atoms with Gasteiger partial charge in [0.2, 0.25) is 0 Å². The number of anilines is 2. The van der Waals surface area contributed by atoms with Crippen molar-refractivity contribution in [3.8, 4) is 0 Å². The normalized spacial score (nSPS) is 19.0. The molecule has 0 N–H and O–H groups in total. The summed E-state index contributed by atoms with van der Waals surface area (Å²) in [4.78, 5) is 12.0. The Morgan fingerprint density at radius 3 is 2.34 bits per heavy atom. The molecule has 35 heavy (non-hydrogen) atoms. The summed E-state index contributed by atoms with van der Waals surface area (Å²) in [7, 11) is 0. The van der Waals surface area contributed by atoms with E-state index >= 15 is 0 Å². The molecule has 0 aliphatic carbocycles. The molecule has 2 aliphatic rings. The van der Waals surface area contributed by atoms with Gasteiger partial charge in [0.05, 0.1) is 12.2 Å². The second-order valence-corrected chi connectivity index (χ2v) is 11.2. The molecule has 2 aliphatic heterocycles. The van der Waals surface area contributed by atoms with Crippen LogP contribution in [0.25, 0.3) is 10.9 Å². The van der Waals surface area contributed by atoms with Crippen LogP contribution in [0.1, 0.15) is 38.7 Å². The lowest BCUT2D eigenvalue weighted by atomic mass is 10.0. The second kappa shape index (κ2) is 9.54. The van der Waals surface area contributed by atoms with E-state index in [-0.39, 0.29) is 22.2 Å². The third-order valence-corrected chi connectivity index (χ3v) is 7.85. The molecule has 2 saturated heterocycles. The Morgan fingerprint density at radius 2 is 1.63 bits per heavy atom. The van der Waals surface area contributed by atoms with Gasteiger partial charge in [0.25, 0.3) is 0 Å². The zero-order valence-electron chi connectivity index (χ0n) is 20.2. The zero-order chi connectivity index (χ0) is 24.6. The summed E-state index contributed by atoms with van der Waals surface area (Å²) in [5, 5.41) is 1.19. The molecular formula is C27H31F3N4S. The molecule has 2 aromatic carbocycles. The number of nitrogens with zero attached hydrogens (tertiary/aromatic N) is 4. The van der Waals surface area contributed by atoms with E-state index in [9.17, 15) is 13.2 Å². The van der Waals surface area contributed by atoms with Crippen LogP contribution in [0.5, 0.6) is 0 Å². The lowest BCUT2D eigenvalue weighted by Gasteiger charge is -2.31. The summed E-state index contributed by atoms with van der Waals surface area (Å²) < 4.78 is 38.0. The molecule has 0 atom stereocenters. The minimum absolute atomic E-state index is 0.0718. The lowest BCUT2D eigenvalue weighted by Crippen LogP contribution is -2.39. The van der Waals surface area contributed by atoms with Crippen LogP contribution in [0.4, 0.5) is 24.5 Å². The fourth-order valence-corrected chi connectivity index (χ4v) is 5.73. The summed E-state index contributed by atoms with van der Waals surface area (Å²) in [5.74, 6) is 0. The number of halogens is 3. The van der Waals surface area contributed by atoms with E-state index in [0.29, 0.717) is 6.67 Å². The maximum absolute atomic E-state index is 12.7. The number of fused-ring (bicyclic) bond motifs is 1. The first-order valence-corrected chi connectivity index (χ1v) is 13.0. The molecule has 186 valence electrons. The van der Waals surface area contributed by atoms with E-state index in [1.807, 2.05) is 6.20 Å². The minimum Gasteiger partial charge on any atom is -0.372 e. The van der Waals surface area contributed by atoms with Gasteiger partial charge in [0, 0.05) is 59.6 Å². The molecule has 0 radical (unpaired) electrons. The smallest absolute Gasteiger partial charge is 0.372 e. The van der Waals surface area contributed by atoms with Gasteiger partial charge in [-0.25, -0.2) is 0 Å². The Labute approximate surface area is 209 Å². The Kier molecular flexibility index (Phi) is 6.61. The van der Waals surface area contributed by atoms with Crippen molar-refractivity contribution in [2.24, 2.45) is 0 Å². The highest BCUT2D eigenvalue weighted by molar-refractivity contribution is 8.00. The Balaban J connectivity index is 1.35. The maximum atomic E-state index is 12.7. The van der Waals surface area contributed by atoms with Crippen LogP contribution in [-0.4, -0.2) is 47.2 Å². The van der Waals surface area contributed by atoms with Gasteiger partial charge in [-0.05, 0) is 99.0 Å². The van der Waals surface area contributed by atoms with Crippen molar-refractivity contribution < 1.29 is 13.2 Å². The van der Waals surface area contributed by atoms with Crippen LogP contribution >= 0.6 is 11.8 Å². The number of piperidine rings is 1. The van der Waals surface area contributed by atoms with E-state index in [1.54, 1.807) is 24.3 Å². The van der Waals surface area contributed by atoms with Crippen LogP contribution in [0.3, 0.4) is 0 Å². The van der Waals surface area contributed by atoms with Crippen molar-refractivity contribution >= 4 is 34.0 Å². The standard InChI is InChI=1S/C27H31F3N4S/c1-26(2)18-33(21-6-9-23(10-7-21)35-27(28,29)30)19-34(26)17-20-12-13-31-25-11-8-22(16-24(20)25)32-14-4-3-5-15-32/h6-13,16H,3-5,14-15,17-19H2,1-2H3. The van der Waals surface area contributed by atoms with Crippen LogP contribution in [0.15, 0.2) is 59.6 Å². The number of rotatable bonds is 5. The first-order valence-electron chi connectivity index (χ1n) is 12.2. The molecule has 0 saturated carbocycles. The Bertz CT molecular complexity index is 1170. The van der Waals surface area contributed by atoms with Crippen molar-refractivity contribution in [1.82, 2.24) is 9.88 Å². The molecule has 1 aromatic heterocycles. The molecule has 3 heterocycles. The number of aromatic nitrogens is 1. The van der Waals surface area contributed by atoms with E-state index in [1.165, 1.54) is 35.9 Å². The molecule has 8 heteroatoms. The second-order valence-electron chi connectivity index (χ2n) is 10.1. The zero-order valence-corrected chi connectivity index (χ0v) is 21.0. The van der Waals surface area contributed by atoms with Gasteiger partial charge in [-0.15, -0.1) is 0 Å². The topological polar surface area (TPSA) is 22.6 Å². The van der Waals surface area contributed by atoms with E-state index < -0.39 is 5.51 Å². The molecule has 0 spiro atoms. The maximum Gasteiger partial charge on any atom is 0.446 e. The Hall–Kier alpha value is -2.45.